The van der Waals surface area contributed by atoms with E-state index in [0.717, 1.165) is 22.2 Å². The van der Waals surface area contributed by atoms with Gasteiger partial charge in [0.2, 0.25) is 0 Å². The first-order valence-electron chi connectivity index (χ1n) is 6.97. The number of aromatic amines is 1. The van der Waals surface area contributed by atoms with Gasteiger partial charge in [-0.25, -0.2) is 0 Å². The predicted molar refractivity (Wildman–Crippen MR) is 91.8 cm³/mol. The average Bonchev–Trinajstić information content (AvgIpc) is 2.81. The molecule has 0 saturated heterocycles. The van der Waals surface area contributed by atoms with E-state index in [4.69, 9.17) is 0 Å². The van der Waals surface area contributed by atoms with E-state index in [-0.39, 0.29) is 11.2 Å². The molecule has 0 unspecified atom stereocenters. The Balaban J connectivity index is 2.12. The lowest BCUT2D eigenvalue weighted by atomic mass is 9.86. The number of phenolic OH excluding ortho intramolecular Hbond substituents is 1. The van der Waals surface area contributed by atoms with Crippen molar-refractivity contribution in [2.45, 2.75) is 26.2 Å². The van der Waals surface area contributed by atoms with Crippen molar-refractivity contribution in [2.75, 3.05) is 0 Å². The van der Waals surface area contributed by atoms with Gasteiger partial charge < -0.3 is 10.1 Å². The van der Waals surface area contributed by atoms with Gasteiger partial charge in [0.05, 0.1) is 4.47 Å². The van der Waals surface area contributed by atoms with Crippen LogP contribution in [0.1, 0.15) is 26.3 Å². The quantitative estimate of drug-likeness (QED) is 0.592. The molecular weight excluding hydrogens is 326 g/mol. The minimum Gasteiger partial charge on any atom is -0.507 e. The number of halogens is 1. The molecule has 0 fully saturated rings. The Morgan fingerprint density at radius 3 is 2.52 bits per heavy atom. The molecular formula is C18H18BrNO. The first-order valence-corrected chi connectivity index (χ1v) is 7.76. The van der Waals surface area contributed by atoms with Crippen molar-refractivity contribution in [2.24, 2.45) is 0 Å². The van der Waals surface area contributed by atoms with Crippen LogP contribution in [0.25, 0.3) is 22.2 Å². The Morgan fingerprint density at radius 2 is 1.81 bits per heavy atom. The van der Waals surface area contributed by atoms with Crippen LogP contribution in [0, 0.1) is 0 Å². The van der Waals surface area contributed by atoms with Crippen LogP contribution < -0.4 is 0 Å². The second-order valence-electron chi connectivity index (χ2n) is 6.40. The molecule has 0 amide bonds. The molecule has 0 aliphatic carbocycles. The van der Waals surface area contributed by atoms with Gasteiger partial charge in [-0.3, -0.25) is 0 Å². The number of fused-ring (bicyclic) bond motifs is 1. The van der Waals surface area contributed by atoms with Crippen LogP contribution in [-0.4, -0.2) is 10.1 Å². The Labute approximate surface area is 133 Å². The van der Waals surface area contributed by atoms with E-state index in [2.05, 4.69) is 72.0 Å². The number of benzene rings is 2. The molecule has 0 radical (unpaired) electrons. The Morgan fingerprint density at radius 1 is 1.05 bits per heavy atom. The summed E-state index contributed by atoms with van der Waals surface area (Å²) in [6.45, 7) is 6.64. The fraction of sp³-hybridized carbons (Fsp3) is 0.222. The maximum atomic E-state index is 9.79. The van der Waals surface area contributed by atoms with Gasteiger partial charge in [-0.2, -0.15) is 0 Å². The molecule has 0 spiro atoms. The molecule has 0 atom stereocenters. The van der Waals surface area contributed by atoms with Gasteiger partial charge in [0.15, 0.2) is 0 Å². The molecule has 0 aliphatic heterocycles. The van der Waals surface area contributed by atoms with Crippen LogP contribution in [0.4, 0.5) is 0 Å². The van der Waals surface area contributed by atoms with Crippen molar-refractivity contribution in [1.82, 2.24) is 4.98 Å². The zero-order valence-electron chi connectivity index (χ0n) is 12.4. The molecule has 2 N–H and O–H groups in total. The highest BCUT2D eigenvalue weighted by atomic mass is 79.9. The number of H-pyrrole nitrogens is 1. The molecule has 3 rings (SSSR count). The van der Waals surface area contributed by atoms with Crippen molar-refractivity contribution in [3.8, 4) is 17.0 Å². The maximum absolute atomic E-state index is 9.79. The summed E-state index contributed by atoms with van der Waals surface area (Å²) in [4.78, 5) is 3.42. The fourth-order valence-electron chi connectivity index (χ4n) is 2.45. The third-order valence-corrected chi connectivity index (χ3v) is 4.36. The molecule has 2 aromatic carbocycles. The molecule has 1 aromatic heterocycles. The topological polar surface area (TPSA) is 36.0 Å². The van der Waals surface area contributed by atoms with Gasteiger partial charge in [-0.15, -0.1) is 0 Å². The molecule has 3 heteroatoms. The summed E-state index contributed by atoms with van der Waals surface area (Å²) in [5.41, 5.74) is 4.67. The van der Waals surface area contributed by atoms with Crippen molar-refractivity contribution in [1.29, 1.82) is 0 Å². The van der Waals surface area contributed by atoms with E-state index in [1.165, 1.54) is 5.56 Å². The number of nitrogens with one attached hydrogen (secondary N) is 1. The zero-order valence-corrected chi connectivity index (χ0v) is 14.0. The van der Waals surface area contributed by atoms with Crippen LogP contribution in [0.5, 0.6) is 5.75 Å². The standard InChI is InChI=1S/C18H18BrNO/c1-18(2,3)13-6-4-5-11(7-13)15-8-12-9-17(21)14(19)10-16(12)20-15/h4-10,20-21H,1-3H3. The molecule has 1 heterocycles. The summed E-state index contributed by atoms with van der Waals surface area (Å²) in [5, 5.41) is 10.8. The average molecular weight is 344 g/mol. The van der Waals surface area contributed by atoms with Crippen LogP contribution in [0.3, 0.4) is 0 Å². The van der Waals surface area contributed by atoms with E-state index < -0.39 is 0 Å². The fourth-order valence-corrected chi connectivity index (χ4v) is 2.79. The highest BCUT2D eigenvalue weighted by Crippen LogP contribution is 2.33. The Kier molecular flexibility index (Phi) is 3.33. The second-order valence-corrected chi connectivity index (χ2v) is 7.26. The molecule has 3 aromatic rings. The summed E-state index contributed by atoms with van der Waals surface area (Å²) >= 11 is 3.35. The van der Waals surface area contributed by atoms with E-state index in [1.807, 2.05) is 6.07 Å². The third-order valence-electron chi connectivity index (χ3n) is 3.73. The van der Waals surface area contributed by atoms with Crippen molar-refractivity contribution in [3.63, 3.8) is 0 Å². The SMILES string of the molecule is CC(C)(C)c1cccc(-c2cc3cc(O)c(Br)cc3[nH]2)c1. The molecule has 0 bridgehead atoms. The van der Waals surface area contributed by atoms with Crippen molar-refractivity contribution < 1.29 is 5.11 Å². The highest BCUT2D eigenvalue weighted by molar-refractivity contribution is 9.10. The number of hydrogen-bond donors (Lipinski definition) is 2. The summed E-state index contributed by atoms with van der Waals surface area (Å²) in [5.74, 6) is 0.261. The monoisotopic (exact) mass is 343 g/mol. The van der Waals surface area contributed by atoms with E-state index in [9.17, 15) is 5.11 Å². The van der Waals surface area contributed by atoms with Gasteiger partial charge in [0, 0.05) is 16.6 Å². The maximum Gasteiger partial charge on any atom is 0.130 e. The van der Waals surface area contributed by atoms with Crippen LogP contribution >= 0.6 is 15.9 Å². The Bertz CT molecular complexity index is 773. The molecule has 0 saturated carbocycles. The van der Waals surface area contributed by atoms with E-state index in [0.29, 0.717) is 4.47 Å². The molecule has 0 aliphatic rings. The largest absolute Gasteiger partial charge is 0.507 e. The summed E-state index contributed by atoms with van der Waals surface area (Å²) in [6, 6.07) is 14.3. The number of phenols is 1. The third kappa shape index (κ3) is 2.70. The lowest BCUT2D eigenvalue weighted by Crippen LogP contribution is -2.10. The van der Waals surface area contributed by atoms with E-state index in [1.54, 1.807) is 6.07 Å². The van der Waals surface area contributed by atoms with Crippen molar-refractivity contribution in [3.05, 3.63) is 52.5 Å². The first kappa shape index (κ1) is 14.2. The van der Waals surface area contributed by atoms with Gasteiger partial charge in [-0.1, -0.05) is 39.0 Å². The van der Waals surface area contributed by atoms with Crippen LogP contribution in [-0.2, 0) is 5.41 Å². The van der Waals surface area contributed by atoms with Gasteiger partial charge >= 0.3 is 0 Å². The number of hydrogen-bond acceptors (Lipinski definition) is 1. The number of aromatic hydroxyl groups is 1. The lowest BCUT2D eigenvalue weighted by Gasteiger charge is -2.19. The van der Waals surface area contributed by atoms with Gasteiger partial charge in [-0.05, 0) is 56.7 Å². The zero-order chi connectivity index (χ0) is 15.2. The Hall–Kier alpha value is -1.74. The smallest absolute Gasteiger partial charge is 0.130 e. The second kappa shape index (κ2) is 4.92. The van der Waals surface area contributed by atoms with Gasteiger partial charge in [0.25, 0.3) is 0 Å². The van der Waals surface area contributed by atoms with E-state index >= 15 is 0 Å². The minimum absolute atomic E-state index is 0.128. The van der Waals surface area contributed by atoms with Crippen LogP contribution in [0.15, 0.2) is 46.9 Å². The summed E-state index contributed by atoms with van der Waals surface area (Å²) < 4.78 is 0.701. The normalized spacial score (nSPS) is 12.0. The number of aromatic nitrogens is 1. The lowest BCUT2D eigenvalue weighted by molar-refractivity contribution is 0.473. The molecule has 21 heavy (non-hydrogen) atoms. The summed E-state index contributed by atoms with van der Waals surface area (Å²) in [7, 11) is 0. The molecule has 108 valence electrons. The first-order chi connectivity index (χ1) is 9.84. The predicted octanol–water partition coefficient (Wildman–Crippen LogP) is 5.60. The minimum atomic E-state index is 0.128. The van der Waals surface area contributed by atoms with Crippen LogP contribution in [0.2, 0.25) is 0 Å². The molecule has 2 nitrogen and oxygen atoms in total. The highest BCUT2D eigenvalue weighted by Gasteiger charge is 2.14. The number of rotatable bonds is 1. The van der Waals surface area contributed by atoms with Crippen molar-refractivity contribution >= 4 is 26.8 Å². The summed E-state index contributed by atoms with van der Waals surface area (Å²) in [6.07, 6.45) is 0. The van der Waals surface area contributed by atoms with Gasteiger partial charge in [0.1, 0.15) is 5.75 Å².